The summed E-state index contributed by atoms with van der Waals surface area (Å²) in [6.45, 7) is 4.71. The maximum absolute atomic E-state index is 13.9. The summed E-state index contributed by atoms with van der Waals surface area (Å²) in [5, 5.41) is 10.6. The summed E-state index contributed by atoms with van der Waals surface area (Å²) in [6, 6.07) is 9.78. The molecule has 0 aromatic heterocycles. The third kappa shape index (κ3) is 5.36. The molecule has 0 radical (unpaired) electrons. The zero-order valence-electron chi connectivity index (χ0n) is 16.6. The number of hydrogen-bond donors (Lipinski definition) is 1. The molecule has 0 aliphatic rings. The molecule has 2 aromatic rings. The molecule has 3 nitrogen and oxygen atoms in total. The van der Waals surface area contributed by atoms with E-state index in [-0.39, 0.29) is 16.2 Å². The van der Waals surface area contributed by atoms with E-state index in [2.05, 4.69) is 0 Å². The van der Waals surface area contributed by atoms with Gasteiger partial charge in [-0.3, -0.25) is 4.21 Å². The molecule has 0 unspecified atom stereocenters. The van der Waals surface area contributed by atoms with Gasteiger partial charge < -0.3 is 9.84 Å². The summed E-state index contributed by atoms with van der Waals surface area (Å²) < 4.78 is 73.1. The van der Waals surface area contributed by atoms with E-state index in [1.54, 1.807) is 19.1 Å². The van der Waals surface area contributed by atoms with Crippen molar-refractivity contribution in [2.75, 3.05) is 12.9 Å². The largest absolute Gasteiger partial charge is 0.496 e. The molecule has 8 heteroatoms. The van der Waals surface area contributed by atoms with E-state index in [1.165, 1.54) is 39.2 Å². The predicted molar refractivity (Wildman–Crippen MR) is 104 cm³/mol. The van der Waals surface area contributed by atoms with Crippen LogP contribution >= 0.6 is 0 Å². The van der Waals surface area contributed by atoms with Crippen LogP contribution in [0.2, 0.25) is 0 Å². The van der Waals surface area contributed by atoms with E-state index in [0.29, 0.717) is 0 Å². The highest BCUT2D eigenvalue weighted by atomic mass is 32.2. The van der Waals surface area contributed by atoms with Crippen molar-refractivity contribution in [3.05, 3.63) is 59.4 Å². The molecular formula is C21H24F4O3S. The van der Waals surface area contributed by atoms with Gasteiger partial charge in [0.25, 0.3) is 0 Å². The van der Waals surface area contributed by atoms with E-state index < -0.39 is 46.0 Å². The summed E-state index contributed by atoms with van der Waals surface area (Å²) in [6.07, 6.45) is -5.86. The number of ether oxygens (including phenoxy) is 1. The standard InChI is InChI=1S/C21H24F4O3S/c1-14-5-8-16(9-6-14)29(27)13-20(26,21(23,24)25)12-19(2,3)17-11-15(22)7-10-18(17)28-4/h5-11,26H,12-13H2,1-4H3/t20-,29+/m0/s1. The minimum atomic E-state index is -5.04. The van der Waals surface area contributed by atoms with Crippen LogP contribution in [0.5, 0.6) is 5.75 Å². The molecule has 0 spiro atoms. The Kier molecular flexibility index (Phi) is 6.79. The van der Waals surface area contributed by atoms with Crippen molar-refractivity contribution in [3.8, 4) is 5.75 Å². The lowest BCUT2D eigenvalue weighted by Crippen LogP contribution is -2.53. The van der Waals surface area contributed by atoms with Crippen molar-refractivity contribution in [2.24, 2.45) is 0 Å². The predicted octanol–water partition coefficient (Wildman–Crippen LogP) is 4.91. The van der Waals surface area contributed by atoms with Crippen LogP contribution in [0, 0.1) is 12.7 Å². The van der Waals surface area contributed by atoms with Crippen LogP contribution in [0.1, 0.15) is 31.4 Å². The first kappa shape index (κ1) is 23.3. The van der Waals surface area contributed by atoms with Gasteiger partial charge >= 0.3 is 6.18 Å². The number of alkyl halides is 3. The fourth-order valence-electron chi connectivity index (χ4n) is 3.26. The minimum absolute atomic E-state index is 0.184. The van der Waals surface area contributed by atoms with Crippen LogP contribution in [0.3, 0.4) is 0 Å². The van der Waals surface area contributed by atoms with Gasteiger partial charge in [-0.15, -0.1) is 0 Å². The van der Waals surface area contributed by atoms with Gasteiger partial charge in [0.05, 0.1) is 23.7 Å². The molecule has 0 saturated carbocycles. The van der Waals surface area contributed by atoms with Crippen LogP contribution in [0.4, 0.5) is 17.6 Å². The molecule has 0 aliphatic carbocycles. The first-order valence-electron chi connectivity index (χ1n) is 8.87. The average molecular weight is 432 g/mol. The van der Waals surface area contributed by atoms with E-state index >= 15 is 0 Å². The first-order valence-corrected chi connectivity index (χ1v) is 10.2. The molecular weight excluding hydrogens is 408 g/mol. The van der Waals surface area contributed by atoms with Gasteiger partial charge in [0.15, 0.2) is 5.60 Å². The van der Waals surface area contributed by atoms with Crippen LogP contribution in [0.25, 0.3) is 0 Å². The minimum Gasteiger partial charge on any atom is -0.496 e. The van der Waals surface area contributed by atoms with Gasteiger partial charge in [0.2, 0.25) is 0 Å². The monoisotopic (exact) mass is 432 g/mol. The third-order valence-electron chi connectivity index (χ3n) is 4.81. The van der Waals surface area contributed by atoms with Gasteiger partial charge in [-0.25, -0.2) is 4.39 Å². The summed E-state index contributed by atoms with van der Waals surface area (Å²) >= 11 is 0. The zero-order chi connectivity index (χ0) is 22.0. The molecule has 29 heavy (non-hydrogen) atoms. The van der Waals surface area contributed by atoms with Crippen LogP contribution in [0.15, 0.2) is 47.4 Å². The number of benzene rings is 2. The fourth-order valence-corrected chi connectivity index (χ4v) is 4.56. The molecule has 0 heterocycles. The Morgan fingerprint density at radius 3 is 2.17 bits per heavy atom. The maximum Gasteiger partial charge on any atom is 0.418 e. The quantitative estimate of drug-likeness (QED) is 0.633. The SMILES string of the molecule is COc1ccc(F)cc1C(C)(C)C[C@](O)(C[S@@](=O)c1ccc(C)cc1)C(F)(F)F. The number of aryl methyl sites for hydroxylation is 1. The highest BCUT2D eigenvalue weighted by Crippen LogP contribution is 2.44. The molecule has 0 fully saturated rings. The normalized spacial score (nSPS) is 15.6. The second-order valence-electron chi connectivity index (χ2n) is 7.74. The van der Waals surface area contributed by atoms with Crippen LogP contribution in [-0.4, -0.2) is 34.0 Å². The Balaban J connectivity index is 2.40. The Morgan fingerprint density at radius 2 is 1.66 bits per heavy atom. The summed E-state index contributed by atoms with van der Waals surface area (Å²) in [5.74, 6) is -1.45. The van der Waals surface area contributed by atoms with Crippen molar-refractivity contribution in [1.82, 2.24) is 0 Å². The molecule has 0 amide bonds. The molecule has 1 N–H and O–H groups in total. The Labute approximate surface area is 170 Å². The molecule has 2 rings (SSSR count). The maximum atomic E-state index is 13.9. The van der Waals surface area contributed by atoms with Crippen LogP contribution < -0.4 is 4.74 Å². The topological polar surface area (TPSA) is 46.5 Å². The number of aliphatic hydroxyl groups is 1. The molecule has 0 saturated heterocycles. The van der Waals surface area contributed by atoms with Gasteiger partial charge in [-0.2, -0.15) is 13.2 Å². The molecule has 2 atom stereocenters. The van der Waals surface area contributed by atoms with Crippen LogP contribution in [-0.2, 0) is 16.2 Å². The van der Waals surface area contributed by atoms with Gasteiger partial charge in [0.1, 0.15) is 11.6 Å². The van der Waals surface area contributed by atoms with Gasteiger partial charge in [-0.05, 0) is 49.1 Å². The van der Waals surface area contributed by atoms with Crippen molar-refractivity contribution in [3.63, 3.8) is 0 Å². The Hall–Kier alpha value is -1.93. The number of hydrogen-bond acceptors (Lipinski definition) is 3. The fraction of sp³-hybridized carbons (Fsp3) is 0.429. The second-order valence-corrected chi connectivity index (χ2v) is 9.19. The van der Waals surface area contributed by atoms with E-state index in [0.717, 1.165) is 17.7 Å². The lowest BCUT2D eigenvalue weighted by molar-refractivity contribution is -0.257. The van der Waals surface area contributed by atoms with Crippen molar-refractivity contribution >= 4 is 10.8 Å². The van der Waals surface area contributed by atoms with E-state index in [1.807, 2.05) is 0 Å². The Morgan fingerprint density at radius 1 is 1.07 bits per heavy atom. The van der Waals surface area contributed by atoms with E-state index in [9.17, 15) is 26.9 Å². The summed E-state index contributed by atoms with van der Waals surface area (Å²) in [7, 11) is -0.757. The number of rotatable bonds is 7. The number of halogens is 4. The molecule has 2 aromatic carbocycles. The lowest BCUT2D eigenvalue weighted by Gasteiger charge is -2.38. The second kappa shape index (κ2) is 8.44. The van der Waals surface area contributed by atoms with Crippen molar-refractivity contribution in [1.29, 1.82) is 0 Å². The van der Waals surface area contributed by atoms with Crippen molar-refractivity contribution in [2.45, 2.75) is 49.3 Å². The van der Waals surface area contributed by atoms with Gasteiger partial charge in [-0.1, -0.05) is 31.5 Å². The van der Waals surface area contributed by atoms with Gasteiger partial charge in [0, 0.05) is 10.5 Å². The lowest BCUT2D eigenvalue weighted by atomic mass is 9.75. The zero-order valence-corrected chi connectivity index (χ0v) is 17.5. The summed E-state index contributed by atoms with van der Waals surface area (Å²) in [4.78, 5) is 0.194. The smallest absolute Gasteiger partial charge is 0.418 e. The molecule has 0 aliphatic heterocycles. The third-order valence-corrected chi connectivity index (χ3v) is 6.34. The average Bonchev–Trinajstić information content (AvgIpc) is 2.60. The molecule has 0 bridgehead atoms. The number of methoxy groups -OCH3 is 1. The summed E-state index contributed by atoms with van der Waals surface area (Å²) in [5.41, 5.74) is -3.52. The first-order chi connectivity index (χ1) is 13.3. The highest BCUT2D eigenvalue weighted by Gasteiger charge is 2.57. The van der Waals surface area contributed by atoms with Crippen molar-refractivity contribution < 1.29 is 31.6 Å². The Bertz CT molecular complexity index is 878. The van der Waals surface area contributed by atoms with E-state index in [4.69, 9.17) is 4.74 Å². The highest BCUT2D eigenvalue weighted by molar-refractivity contribution is 7.85. The molecule has 160 valence electrons.